The largest absolute Gasteiger partial charge is 0.495 e. The number of piperidine rings is 1. The molecule has 222 valence electrons. The van der Waals surface area contributed by atoms with Gasteiger partial charge in [0.05, 0.1) is 29.7 Å². The Kier molecular flexibility index (Phi) is 8.26. The molecule has 0 unspecified atom stereocenters. The van der Waals surface area contributed by atoms with E-state index in [1.807, 2.05) is 24.3 Å². The van der Waals surface area contributed by atoms with E-state index in [0.29, 0.717) is 52.8 Å². The van der Waals surface area contributed by atoms with Crippen molar-refractivity contribution in [3.63, 3.8) is 0 Å². The van der Waals surface area contributed by atoms with E-state index < -0.39 is 5.82 Å². The van der Waals surface area contributed by atoms with Crippen molar-refractivity contribution in [2.45, 2.75) is 18.9 Å². The van der Waals surface area contributed by atoms with Crippen LogP contribution in [0.25, 0.3) is 22.2 Å². The summed E-state index contributed by atoms with van der Waals surface area (Å²) in [7, 11) is 1.60. The molecule has 44 heavy (non-hydrogen) atoms. The molecule has 5 aromatic rings. The van der Waals surface area contributed by atoms with Gasteiger partial charge in [-0.05, 0) is 55.3 Å². The Hall–Kier alpha value is -5.58. The monoisotopic (exact) mass is 591 g/mol. The molecule has 1 amide bonds. The second-order valence-electron chi connectivity index (χ2n) is 10.2. The van der Waals surface area contributed by atoms with E-state index in [-0.39, 0.29) is 17.6 Å². The average molecular weight is 592 g/mol. The number of aromatic nitrogens is 4. The van der Waals surface area contributed by atoms with Crippen LogP contribution in [0.5, 0.6) is 17.2 Å². The number of likely N-dealkylation sites (tertiary alicyclic amines) is 1. The zero-order valence-corrected chi connectivity index (χ0v) is 24.0. The van der Waals surface area contributed by atoms with Crippen LogP contribution in [0.4, 0.5) is 21.6 Å². The summed E-state index contributed by atoms with van der Waals surface area (Å²) in [5.74, 6) is 1.35. The number of rotatable bonds is 9. The van der Waals surface area contributed by atoms with E-state index in [2.05, 4.69) is 37.1 Å². The Morgan fingerprint density at radius 3 is 2.61 bits per heavy atom. The van der Waals surface area contributed by atoms with Crippen molar-refractivity contribution in [1.29, 1.82) is 0 Å². The topological polar surface area (TPSA) is 114 Å². The highest BCUT2D eigenvalue weighted by Gasteiger charge is 2.23. The molecule has 0 saturated carbocycles. The minimum atomic E-state index is -0.511. The summed E-state index contributed by atoms with van der Waals surface area (Å²) in [6, 6.07) is 15.7. The maximum absolute atomic E-state index is 15.3. The Morgan fingerprint density at radius 2 is 1.86 bits per heavy atom. The standard InChI is InChI=1S/C33H30FN7O3/c1-3-32(42)41-13-9-22(10-14-41)39-30-17-25-29(18-31(30)43-2)37-20-38-33(25)40-27-7-6-23(15-26(27)34)44-24-8-12-36-28(16-24)21-5-4-11-35-19-21/h3-8,11-12,15-20,22,39H,1,9-10,13-14H2,2H3,(H,37,38,40). The first-order chi connectivity index (χ1) is 21.5. The summed E-state index contributed by atoms with van der Waals surface area (Å²) in [5, 5.41) is 7.35. The minimum Gasteiger partial charge on any atom is -0.495 e. The summed E-state index contributed by atoms with van der Waals surface area (Å²) in [4.78, 5) is 31.0. The van der Waals surface area contributed by atoms with Crippen molar-refractivity contribution in [3.05, 3.63) is 98.0 Å². The predicted molar refractivity (Wildman–Crippen MR) is 167 cm³/mol. The first kappa shape index (κ1) is 28.5. The van der Waals surface area contributed by atoms with Crippen LogP contribution < -0.4 is 20.1 Å². The van der Waals surface area contributed by atoms with Gasteiger partial charge < -0.3 is 25.0 Å². The van der Waals surface area contributed by atoms with Crippen molar-refractivity contribution in [3.8, 4) is 28.5 Å². The second kappa shape index (κ2) is 12.7. The van der Waals surface area contributed by atoms with Crippen molar-refractivity contribution in [2.24, 2.45) is 0 Å². The highest BCUT2D eigenvalue weighted by atomic mass is 19.1. The molecule has 1 saturated heterocycles. The molecule has 11 heteroatoms. The van der Waals surface area contributed by atoms with Crippen LogP contribution in [0.2, 0.25) is 0 Å². The van der Waals surface area contributed by atoms with Crippen molar-refractivity contribution >= 4 is 34.0 Å². The molecule has 0 aliphatic carbocycles. The van der Waals surface area contributed by atoms with E-state index in [9.17, 15) is 4.79 Å². The fraction of sp³-hybridized carbons (Fsp3) is 0.182. The van der Waals surface area contributed by atoms with Gasteiger partial charge in [0.15, 0.2) is 0 Å². The molecule has 0 bridgehead atoms. The summed E-state index contributed by atoms with van der Waals surface area (Å²) < 4.78 is 26.9. The number of halogens is 1. The van der Waals surface area contributed by atoms with Crippen molar-refractivity contribution in [2.75, 3.05) is 30.8 Å². The lowest BCUT2D eigenvalue weighted by Crippen LogP contribution is -2.41. The number of hydrogen-bond donors (Lipinski definition) is 2. The summed E-state index contributed by atoms with van der Waals surface area (Å²) >= 11 is 0. The fourth-order valence-corrected chi connectivity index (χ4v) is 5.13. The number of pyridine rings is 2. The van der Waals surface area contributed by atoms with E-state index in [1.54, 1.807) is 54.9 Å². The van der Waals surface area contributed by atoms with Gasteiger partial charge in [-0.3, -0.25) is 14.8 Å². The van der Waals surface area contributed by atoms with Gasteiger partial charge in [0.2, 0.25) is 5.91 Å². The number of methoxy groups -OCH3 is 1. The van der Waals surface area contributed by atoms with Crippen LogP contribution >= 0.6 is 0 Å². The number of nitrogens with zero attached hydrogens (tertiary/aromatic N) is 5. The lowest BCUT2D eigenvalue weighted by Gasteiger charge is -2.32. The first-order valence-corrected chi connectivity index (χ1v) is 14.1. The van der Waals surface area contributed by atoms with Crippen LogP contribution in [0.3, 0.4) is 0 Å². The zero-order valence-electron chi connectivity index (χ0n) is 24.0. The molecule has 2 aromatic carbocycles. The third-order valence-corrected chi connectivity index (χ3v) is 7.42. The van der Waals surface area contributed by atoms with E-state index >= 15 is 4.39 Å². The molecule has 4 heterocycles. The van der Waals surface area contributed by atoms with Crippen LogP contribution in [0, 0.1) is 5.82 Å². The number of ether oxygens (including phenoxy) is 2. The number of carbonyl (C=O) groups excluding carboxylic acids is 1. The van der Waals surface area contributed by atoms with E-state index in [0.717, 1.165) is 24.1 Å². The lowest BCUT2D eigenvalue weighted by molar-refractivity contribution is -0.126. The quantitative estimate of drug-likeness (QED) is 0.189. The predicted octanol–water partition coefficient (Wildman–Crippen LogP) is 6.36. The molecule has 1 aliphatic rings. The van der Waals surface area contributed by atoms with Crippen LogP contribution in [-0.4, -0.2) is 57.0 Å². The number of hydrogen-bond acceptors (Lipinski definition) is 9. The molecule has 10 nitrogen and oxygen atoms in total. The summed E-state index contributed by atoms with van der Waals surface area (Å²) in [5.41, 5.74) is 3.18. The van der Waals surface area contributed by atoms with E-state index in [4.69, 9.17) is 9.47 Å². The highest BCUT2D eigenvalue weighted by molar-refractivity contribution is 5.95. The van der Waals surface area contributed by atoms with Crippen molar-refractivity contribution in [1.82, 2.24) is 24.8 Å². The summed E-state index contributed by atoms with van der Waals surface area (Å²) in [6.45, 7) is 4.85. The Bertz CT molecular complexity index is 1810. The second-order valence-corrected chi connectivity index (χ2v) is 10.2. The molecule has 1 fully saturated rings. The van der Waals surface area contributed by atoms with Gasteiger partial charge in [0.1, 0.15) is 35.2 Å². The molecule has 3 aromatic heterocycles. The molecule has 0 radical (unpaired) electrons. The first-order valence-electron chi connectivity index (χ1n) is 14.1. The average Bonchev–Trinajstić information content (AvgIpc) is 3.06. The van der Waals surface area contributed by atoms with Gasteiger partial charge in [0, 0.05) is 66.9 Å². The number of benzene rings is 2. The molecular formula is C33H30FN7O3. The lowest BCUT2D eigenvalue weighted by atomic mass is 10.0. The number of nitrogens with one attached hydrogen (secondary N) is 2. The Labute approximate surface area is 253 Å². The normalized spacial score (nSPS) is 13.4. The molecule has 0 atom stereocenters. The number of carbonyl (C=O) groups is 1. The van der Waals surface area contributed by atoms with Gasteiger partial charge in [-0.25, -0.2) is 14.4 Å². The maximum Gasteiger partial charge on any atom is 0.245 e. The highest BCUT2D eigenvalue weighted by Crippen LogP contribution is 2.35. The maximum atomic E-state index is 15.3. The molecular weight excluding hydrogens is 561 g/mol. The minimum absolute atomic E-state index is 0.0567. The van der Waals surface area contributed by atoms with E-state index in [1.165, 1.54) is 18.5 Å². The van der Waals surface area contributed by atoms with Gasteiger partial charge >= 0.3 is 0 Å². The number of anilines is 3. The third kappa shape index (κ3) is 6.26. The smallest absolute Gasteiger partial charge is 0.245 e. The van der Waals surface area contributed by atoms with Crippen LogP contribution in [0.15, 0.2) is 92.2 Å². The van der Waals surface area contributed by atoms with Crippen LogP contribution in [-0.2, 0) is 4.79 Å². The molecule has 2 N–H and O–H groups in total. The van der Waals surface area contributed by atoms with Gasteiger partial charge in [-0.2, -0.15) is 0 Å². The zero-order chi connectivity index (χ0) is 30.5. The SMILES string of the molecule is C=CC(=O)N1CCC(Nc2cc3c(Nc4ccc(Oc5ccnc(-c6cccnc6)c5)cc4F)ncnc3cc2OC)CC1. The molecule has 6 rings (SSSR count). The number of fused-ring (bicyclic) bond motifs is 1. The number of amides is 1. The van der Waals surface area contributed by atoms with Gasteiger partial charge in [-0.1, -0.05) is 6.58 Å². The van der Waals surface area contributed by atoms with Crippen molar-refractivity contribution < 1.29 is 18.7 Å². The van der Waals surface area contributed by atoms with Gasteiger partial charge in [0.25, 0.3) is 0 Å². The van der Waals surface area contributed by atoms with Crippen LogP contribution in [0.1, 0.15) is 12.8 Å². The fourth-order valence-electron chi connectivity index (χ4n) is 5.13. The summed E-state index contributed by atoms with van der Waals surface area (Å²) in [6.07, 6.45) is 9.37. The third-order valence-electron chi connectivity index (χ3n) is 7.42. The molecule has 1 aliphatic heterocycles. The van der Waals surface area contributed by atoms with Gasteiger partial charge in [-0.15, -0.1) is 0 Å². The Morgan fingerprint density at radius 1 is 1.02 bits per heavy atom. The molecule has 0 spiro atoms. The Balaban J connectivity index is 1.20.